The average Bonchev–Trinajstić information content (AvgIpc) is 2.35. The van der Waals surface area contributed by atoms with Crippen LogP contribution < -0.4 is 11.1 Å². The van der Waals surface area contributed by atoms with Crippen LogP contribution in [0.2, 0.25) is 0 Å². The van der Waals surface area contributed by atoms with Crippen molar-refractivity contribution in [2.75, 3.05) is 11.1 Å². The lowest BCUT2D eigenvalue weighted by Crippen LogP contribution is -2.14. The molecule has 0 saturated heterocycles. The molecule has 1 amide bonds. The fourth-order valence-corrected chi connectivity index (χ4v) is 2.37. The summed E-state index contributed by atoms with van der Waals surface area (Å²) < 4.78 is 13.4. The third-order valence-electron chi connectivity index (χ3n) is 3.04. The number of nitrogen functional groups attached to an aromatic ring is 1. The van der Waals surface area contributed by atoms with Crippen molar-refractivity contribution < 1.29 is 9.18 Å². The Balaban J connectivity index is 2.30. The van der Waals surface area contributed by atoms with Gasteiger partial charge in [-0.25, -0.2) is 4.39 Å². The van der Waals surface area contributed by atoms with Gasteiger partial charge in [0, 0.05) is 15.8 Å². The number of nitrogens with two attached hydrogens (primary N) is 1. The average molecular weight is 337 g/mol. The van der Waals surface area contributed by atoms with Crippen LogP contribution in [0.15, 0.2) is 34.8 Å². The van der Waals surface area contributed by atoms with Crippen molar-refractivity contribution >= 4 is 33.2 Å². The van der Waals surface area contributed by atoms with Gasteiger partial charge in [-0.2, -0.15) is 0 Å². The highest BCUT2D eigenvalue weighted by atomic mass is 79.9. The highest BCUT2D eigenvalue weighted by Crippen LogP contribution is 2.24. The Morgan fingerprint density at radius 2 is 1.90 bits per heavy atom. The number of amides is 1. The first-order valence-electron chi connectivity index (χ1n) is 6.01. The van der Waals surface area contributed by atoms with Gasteiger partial charge in [0.05, 0.1) is 5.56 Å². The van der Waals surface area contributed by atoms with Gasteiger partial charge < -0.3 is 11.1 Å². The van der Waals surface area contributed by atoms with Gasteiger partial charge in [-0.05, 0) is 71.2 Å². The van der Waals surface area contributed by atoms with Crippen LogP contribution in [-0.2, 0) is 0 Å². The lowest BCUT2D eigenvalue weighted by molar-refractivity contribution is 0.102. The van der Waals surface area contributed by atoms with Crippen LogP contribution in [0.1, 0.15) is 21.5 Å². The fraction of sp³-hybridized carbons (Fsp3) is 0.133. The number of nitrogens with one attached hydrogen (secondary N) is 1. The van der Waals surface area contributed by atoms with E-state index in [0.29, 0.717) is 21.4 Å². The SMILES string of the molecule is Cc1cc(NC(=O)c2ccc(F)cc2Br)c(C)cc1N. The molecule has 2 aromatic carbocycles. The second-order valence-electron chi connectivity index (χ2n) is 4.60. The number of rotatable bonds is 2. The Morgan fingerprint density at radius 3 is 2.55 bits per heavy atom. The van der Waals surface area contributed by atoms with Crippen LogP contribution in [0.3, 0.4) is 0 Å². The number of carbonyl (C=O) groups is 1. The quantitative estimate of drug-likeness (QED) is 0.813. The van der Waals surface area contributed by atoms with E-state index in [9.17, 15) is 9.18 Å². The number of hydrogen-bond donors (Lipinski definition) is 2. The van der Waals surface area contributed by atoms with Crippen LogP contribution in [0.5, 0.6) is 0 Å². The third kappa shape index (κ3) is 2.99. The summed E-state index contributed by atoms with van der Waals surface area (Å²) >= 11 is 3.18. The van der Waals surface area contributed by atoms with E-state index in [-0.39, 0.29) is 5.91 Å². The van der Waals surface area contributed by atoms with Gasteiger partial charge in [0.25, 0.3) is 5.91 Å². The van der Waals surface area contributed by atoms with E-state index in [1.165, 1.54) is 18.2 Å². The monoisotopic (exact) mass is 336 g/mol. The maximum absolute atomic E-state index is 13.0. The summed E-state index contributed by atoms with van der Waals surface area (Å²) in [6.07, 6.45) is 0. The van der Waals surface area contributed by atoms with E-state index in [4.69, 9.17) is 5.73 Å². The molecule has 0 aliphatic rings. The molecule has 0 fully saturated rings. The molecule has 0 heterocycles. The molecular weight excluding hydrogens is 323 g/mol. The van der Waals surface area contributed by atoms with E-state index in [0.717, 1.165) is 11.1 Å². The zero-order valence-electron chi connectivity index (χ0n) is 11.1. The molecule has 0 aliphatic heterocycles. The van der Waals surface area contributed by atoms with Crippen LogP contribution in [0.4, 0.5) is 15.8 Å². The summed E-state index contributed by atoms with van der Waals surface area (Å²) in [5.74, 6) is -0.697. The van der Waals surface area contributed by atoms with Crippen molar-refractivity contribution in [3.05, 3.63) is 57.3 Å². The zero-order chi connectivity index (χ0) is 14.9. The van der Waals surface area contributed by atoms with Gasteiger partial charge in [0.2, 0.25) is 0 Å². The Morgan fingerprint density at radius 1 is 1.20 bits per heavy atom. The van der Waals surface area contributed by atoms with Gasteiger partial charge in [-0.3, -0.25) is 4.79 Å². The second kappa shape index (κ2) is 5.63. The summed E-state index contributed by atoms with van der Waals surface area (Å²) in [7, 11) is 0. The molecule has 0 spiro atoms. The Bertz CT molecular complexity index is 686. The molecule has 5 heteroatoms. The molecule has 3 nitrogen and oxygen atoms in total. The maximum Gasteiger partial charge on any atom is 0.256 e. The summed E-state index contributed by atoms with van der Waals surface area (Å²) in [4.78, 5) is 12.2. The van der Waals surface area contributed by atoms with Gasteiger partial charge >= 0.3 is 0 Å². The number of anilines is 2. The fourth-order valence-electron chi connectivity index (χ4n) is 1.84. The number of benzene rings is 2. The van der Waals surface area contributed by atoms with E-state index >= 15 is 0 Å². The van der Waals surface area contributed by atoms with Crippen LogP contribution in [0.25, 0.3) is 0 Å². The molecule has 2 rings (SSSR count). The molecule has 0 aromatic heterocycles. The van der Waals surface area contributed by atoms with Crippen molar-refractivity contribution in [3.8, 4) is 0 Å². The summed E-state index contributed by atoms with van der Waals surface area (Å²) in [5, 5.41) is 2.81. The Kier molecular flexibility index (Phi) is 4.09. The molecule has 0 aliphatic carbocycles. The van der Waals surface area contributed by atoms with Crippen LogP contribution in [0, 0.1) is 19.7 Å². The van der Waals surface area contributed by atoms with Crippen molar-refractivity contribution in [3.63, 3.8) is 0 Å². The highest BCUT2D eigenvalue weighted by Gasteiger charge is 2.12. The van der Waals surface area contributed by atoms with Crippen LogP contribution >= 0.6 is 15.9 Å². The number of carbonyl (C=O) groups excluding carboxylic acids is 1. The molecule has 0 unspecified atom stereocenters. The Labute approximate surface area is 125 Å². The molecule has 104 valence electrons. The van der Waals surface area contributed by atoms with Gasteiger partial charge in [-0.1, -0.05) is 0 Å². The summed E-state index contributed by atoms with van der Waals surface area (Å²) in [6, 6.07) is 7.58. The topological polar surface area (TPSA) is 55.1 Å². The van der Waals surface area contributed by atoms with Gasteiger partial charge in [0.1, 0.15) is 5.82 Å². The normalized spacial score (nSPS) is 10.4. The van der Waals surface area contributed by atoms with E-state index in [1.54, 1.807) is 0 Å². The first-order chi connectivity index (χ1) is 9.38. The highest BCUT2D eigenvalue weighted by molar-refractivity contribution is 9.10. The molecule has 20 heavy (non-hydrogen) atoms. The molecule has 0 atom stereocenters. The first kappa shape index (κ1) is 14.5. The first-order valence-corrected chi connectivity index (χ1v) is 6.81. The predicted molar refractivity (Wildman–Crippen MR) is 82.4 cm³/mol. The molecule has 2 aromatic rings. The minimum absolute atomic E-state index is 0.302. The van der Waals surface area contributed by atoms with Crippen molar-refractivity contribution in [2.24, 2.45) is 0 Å². The standard InChI is InChI=1S/C15H14BrFN2O/c1-8-6-14(9(2)5-13(8)18)19-15(20)11-4-3-10(17)7-12(11)16/h3-7H,18H2,1-2H3,(H,19,20). The minimum atomic E-state index is -0.395. The number of halogens is 2. The second-order valence-corrected chi connectivity index (χ2v) is 5.46. The molecule has 0 bridgehead atoms. The summed E-state index contributed by atoms with van der Waals surface area (Å²) in [5.41, 5.74) is 9.33. The molecule has 3 N–H and O–H groups in total. The lowest BCUT2D eigenvalue weighted by atomic mass is 10.1. The molecule has 0 saturated carbocycles. The van der Waals surface area contributed by atoms with Crippen molar-refractivity contribution in [1.29, 1.82) is 0 Å². The van der Waals surface area contributed by atoms with E-state index in [2.05, 4.69) is 21.2 Å². The third-order valence-corrected chi connectivity index (χ3v) is 3.69. The van der Waals surface area contributed by atoms with Crippen molar-refractivity contribution in [2.45, 2.75) is 13.8 Å². The summed E-state index contributed by atoms with van der Waals surface area (Å²) in [6.45, 7) is 3.74. The largest absolute Gasteiger partial charge is 0.399 e. The van der Waals surface area contributed by atoms with Gasteiger partial charge in [0.15, 0.2) is 0 Å². The van der Waals surface area contributed by atoms with E-state index < -0.39 is 5.82 Å². The Hall–Kier alpha value is -1.88. The smallest absolute Gasteiger partial charge is 0.256 e. The number of aryl methyl sites for hydroxylation is 2. The number of hydrogen-bond acceptors (Lipinski definition) is 2. The molecule has 0 radical (unpaired) electrons. The predicted octanol–water partition coefficient (Wildman–Crippen LogP) is 4.04. The van der Waals surface area contributed by atoms with E-state index in [1.807, 2.05) is 26.0 Å². The van der Waals surface area contributed by atoms with Gasteiger partial charge in [-0.15, -0.1) is 0 Å². The van der Waals surface area contributed by atoms with Crippen molar-refractivity contribution in [1.82, 2.24) is 0 Å². The molecular formula is C15H14BrFN2O. The maximum atomic E-state index is 13.0. The zero-order valence-corrected chi connectivity index (χ0v) is 12.7. The minimum Gasteiger partial charge on any atom is -0.399 e. The van der Waals surface area contributed by atoms with Crippen LogP contribution in [-0.4, -0.2) is 5.91 Å². The lowest BCUT2D eigenvalue weighted by Gasteiger charge is -2.12.